The topological polar surface area (TPSA) is 49.9 Å². The van der Waals surface area contributed by atoms with Crippen LogP contribution in [0, 0.1) is 5.92 Å². The van der Waals surface area contributed by atoms with Gasteiger partial charge in [-0.2, -0.15) is 11.3 Å². The normalized spacial score (nSPS) is 22.2. The van der Waals surface area contributed by atoms with Crippen molar-refractivity contribution in [3.05, 3.63) is 22.4 Å². The summed E-state index contributed by atoms with van der Waals surface area (Å²) < 4.78 is 5.31. The Morgan fingerprint density at radius 2 is 2.04 bits per heavy atom. The molecule has 0 spiro atoms. The van der Waals surface area contributed by atoms with E-state index in [9.17, 15) is 9.59 Å². The number of ether oxygens (including phenoxy) is 1. The highest BCUT2D eigenvalue weighted by atomic mass is 32.1. The van der Waals surface area contributed by atoms with Gasteiger partial charge in [0.1, 0.15) is 0 Å². The summed E-state index contributed by atoms with van der Waals surface area (Å²) in [6.07, 6.45) is 3.14. The molecular weight excluding hydrogens is 312 g/mol. The van der Waals surface area contributed by atoms with Crippen LogP contribution in [0.3, 0.4) is 0 Å². The Balaban J connectivity index is 1.50. The molecule has 1 aromatic rings. The molecule has 1 unspecified atom stereocenters. The molecule has 2 aliphatic rings. The van der Waals surface area contributed by atoms with Gasteiger partial charge in [-0.3, -0.25) is 9.59 Å². The summed E-state index contributed by atoms with van der Waals surface area (Å²) in [7, 11) is 0. The van der Waals surface area contributed by atoms with Crippen LogP contribution in [0.15, 0.2) is 16.8 Å². The maximum absolute atomic E-state index is 12.6. The van der Waals surface area contributed by atoms with Crippen molar-refractivity contribution in [1.29, 1.82) is 0 Å². The van der Waals surface area contributed by atoms with Crippen LogP contribution in [0.2, 0.25) is 0 Å². The molecule has 23 heavy (non-hydrogen) atoms. The van der Waals surface area contributed by atoms with Gasteiger partial charge in [-0.25, -0.2) is 0 Å². The summed E-state index contributed by atoms with van der Waals surface area (Å²) in [5.74, 6) is 0.339. The third-order valence-corrected chi connectivity index (χ3v) is 5.39. The summed E-state index contributed by atoms with van der Waals surface area (Å²) >= 11 is 1.66. The van der Waals surface area contributed by atoms with Crippen LogP contribution in [0.5, 0.6) is 0 Å². The third kappa shape index (κ3) is 4.32. The summed E-state index contributed by atoms with van der Waals surface area (Å²) in [6, 6.07) is 2.07. The monoisotopic (exact) mass is 336 g/mol. The minimum absolute atomic E-state index is 0.0352. The Hall–Kier alpha value is -1.40. The van der Waals surface area contributed by atoms with E-state index >= 15 is 0 Å². The maximum Gasteiger partial charge on any atom is 0.227 e. The van der Waals surface area contributed by atoms with Crippen LogP contribution in [0.1, 0.15) is 24.8 Å². The predicted molar refractivity (Wildman–Crippen MR) is 89.3 cm³/mol. The van der Waals surface area contributed by atoms with Crippen LogP contribution < -0.4 is 0 Å². The molecule has 1 aromatic heterocycles. The molecule has 0 N–H and O–H groups in total. The quantitative estimate of drug-likeness (QED) is 0.842. The van der Waals surface area contributed by atoms with E-state index in [2.05, 4.69) is 11.4 Å². The number of morpholine rings is 1. The van der Waals surface area contributed by atoms with E-state index in [1.54, 1.807) is 11.3 Å². The van der Waals surface area contributed by atoms with Crippen molar-refractivity contribution in [3.8, 4) is 0 Å². The lowest BCUT2D eigenvalue weighted by Crippen LogP contribution is -2.49. The van der Waals surface area contributed by atoms with Crippen molar-refractivity contribution < 1.29 is 14.3 Å². The van der Waals surface area contributed by atoms with Gasteiger partial charge in [0.25, 0.3) is 0 Å². The molecule has 1 atom stereocenters. The molecule has 0 radical (unpaired) electrons. The zero-order valence-electron chi connectivity index (χ0n) is 13.4. The third-order valence-electron chi connectivity index (χ3n) is 4.65. The van der Waals surface area contributed by atoms with Gasteiger partial charge >= 0.3 is 0 Å². The number of thiophene rings is 1. The van der Waals surface area contributed by atoms with E-state index < -0.39 is 0 Å². The van der Waals surface area contributed by atoms with E-state index in [1.807, 2.05) is 15.2 Å². The molecule has 2 aliphatic heterocycles. The van der Waals surface area contributed by atoms with Crippen molar-refractivity contribution in [2.24, 2.45) is 5.92 Å². The number of hydrogen-bond acceptors (Lipinski definition) is 4. The molecule has 5 nitrogen and oxygen atoms in total. The van der Waals surface area contributed by atoms with Gasteiger partial charge in [0.2, 0.25) is 11.8 Å². The second-order valence-electron chi connectivity index (χ2n) is 6.25. The van der Waals surface area contributed by atoms with Gasteiger partial charge in [0.05, 0.1) is 19.1 Å². The number of nitrogens with zero attached hydrogens (tertiary/aromatic N) is 2. The van der Waals surface area contributed by atoms with Crippen molar-refractivity contribution in [2.45, 2.75) is 25.7 Å². The lowest BCUT2D eigenvalue weighted by molar-refractivity contribution is -0.144. The van der Waals surface area contributed by atoms with E-state index in [4.69, 9.17) is 4.74 Å². The van der Waals surface area contributed by atoms with Gasteiger partial charge in [-0.15, -0.1) is 0 Å². The minimum Gasteiger partial charge on any atom is -0.378 e. The van der Waals surface area contributed by atoms with Gasteiger partial charge in [-0.05, 0) is 41.7 Å². The first-order valence-electron chi connectivity index (χ1n) is 8.39. The largest absolute Gasteiger partial charge is 0.378 e. The summed E-state index contributed by atoms with van der Waals surface area (Å²) in [5.41, 5.74) is 1.22. The molecule has 0 saturated carbocycles. The molecule has 2 fully saturated rings. The molecule has 3 heterocycles. The molecule has 0 bridgehead atoms. The number of likely N-dealkylation sites (tertiary alicyclic amines) is 1. The van der Waals surface area contributed by atoms with Crippen molar-refractivity contribution in [3.63, 3.8) is 0 Å². The summed E-state index contributed by atoms with van der Waals surface area (Å²) in [4.78, 5) is 28.8. The van der Waals surface area contributed by atoms with Crippen LogP contribution in [0.25, 0.3) is 0 Å². The first-order chi connectivity index (χ1) is 11.2. The molecule has 3 rings (SSSR count). The Kier molecular flexibility index (Phi) is 5.67. The number of amides is 2. The van der Waals surface area contributed by atoms with Gasteiger partial charge < -0.3 is 14.5 Å². The highest BCUT2D eigenvalue weighted by Gasteiger charge is 2.31. The zero-order valence-corrected chi connectivity index (χ0v) is 14.2. The number of hydrogen-bond donors (Lipinski definition) is 0. The highest BCUT2D eigenvalue weighted by molar-refractivity contribution is 7.07. The summed E-state index contributed by atoms with van der Waals surface area (Å²) in [6.45, 7) is 3.99. The molecule has 6 heteroatoms. The summed E-state index contributed by atoms with van der Waals surface area (Å²) in [5, 5.41) is 4.13. The lowest BCUT2D eigenvalue weighted by atomic mass is 9.96. The average Bonchev–Trinajstić information content (AvgIpc) is 3.13. The van der Waals surface area contributed by atoms with Gasteiger partial charge in [0.15, 0.2) is 0 Å². The van der Waals surface area contributed by atoms with Crippen LogP contribution in [-0.4, -0.2) is 61.0 Å². The molecule has 2 amide bonds. The maximum atomic E-state index is 12.6. The smallest absolute Gasteiger partial charge is 0.227 e. The van der Waals surface area contributed by atoms with Crippen molar-refractivity contribution in [2.75, 3.05) is 39.4 Å². The van der Waals surface area contributed by atoms with Gasteiger partial charge in [-0.1, -0.05) is 0 Å². The molecular formula is C17H24N2O3S. The number of rotatable bonds is 4. The standard InChI is InChI=1S/C17H24N2O3S/c20-16(4-3-14-5-11-23-13-14)19-6-1-2-15(12-19)17(21)18-7-9-22-10-8-18/h5,11,13,15H,1-4,6-10,12H2. The minimum atomic E-state index is -0.0352. The second-order valence-corrected chi connectivity index (χ2v) is 7.03. The predicted octanol–water partition coefficient (Wildman–Crippen LogP) is 1.78. The molecule has 126 valence electrons. The SMILES string of the molecule is O=C(CCc1ccsc1)N1CCCC(C(=O)N2CCOCC2)C1. The van der Waals surface area contributed by atoms with Gasteiger partial charge in [0, 0.05) is 32.6 Å². The molecule has 2 saturated heterocycles. The van der Waals surface area contributed by atoms with Crippen LogP contribution >= 0.6 is 11.3 Å². The first-order valence-corrected chi connectivity index (χ1v) is 9.33. The fourth-order valence-electron chi connectivity index (χ4n) is 3.29. The Morgan fingerprint density at radius 3 is 2.78 bits per heavy atom. The number of carbonyl (C=O) groups excluding carboxylic acids is 2. The highest BCUT2D eigenvalue weighted by Crippen LogP contribution is 2.21. The van der Waals surface area contributed by atoms with Crippen molar-refractivity contribution >= 4 is 23.2 Å². The van der Waals surface area contributed by atoms with E-state index in [0.717, 1.165) is 25.8 Å². The second kappa shape index (κ2) is 7.93. The van der Waals surface area contributed by atoms with Crippen LogP contribution in [0.4, 0.5) is 0 Å². The number of aryl methyl sites for hydroxylation is 1. The fourth-order valence-corrected chi connectivity index (χ4v) is 3.99. The Labute approximate surface area is 141 Å². The molecule has 0 aliphatic carbocycles. The Morgan fingerprint density at radius 1 is 1.22 bits per heavy atom. The first kappa shape index (κ1) is 16.5. The van der Waals surface area contributed by atoms with E-state index in [-0.39, 0.29) is 17.7 Å². The Bertz CT molecular complexity index is 526. The van der Waals surface area contributed by atoms with E-state index in [1.165, 1.54) is 5.56 Å². The zero-order chi connectivity index (χ0) is 16.1. The van der Waals surface area contributed by atoms with Crippen molar-refractivity contribution in [1.82, 2.24) is 9.80 Å². The average molecular weight is 336 g/mol. The molecule has 0 aromatic carbocycles. The number of piperidine rings is 1. The number of carbonyl (C=O) groups is 2. The van der Waals surface area contributed by atoms with Crippen LogP contribution in [-0.2, 0) is 20.7 Å². The fraction of sp³-hybridized carbons (Fsp3) is 0.647. The lowest BCUT2D eigenvalue weighted by Gasteiger charge is -2.36. The van der Waals surface area contributed by atoms with E-state index in [0.29, 0.717) is 39.3 Å².